The molecule has 0 atom stereocenters. The Morgan fingerprint density at radius 3 is 2.65 bits per heavy atom. The van der Waals surface area contributed by atoms with Gasteiger partial charge < -0.3 is 4.74 Å². The van der Waals surface area contributed by atoms with Crippen molar-refractivity contribution in [3.05, 3.63) is 83.7 Å². The van der Waals surface area contributed by atoms with Crippen molar-refractivity contribution in [2.24, 2.45) is 0 Å². The lowest BCUT2D eigenvalue weighted by atomic mass is 10.1. The highest BCUT2D eigenvalue weighted by Gasteiger charge is 2.22. The zero-order valence-electron chi connectivity index (χ0n) is 16.7. The molecular formula is C23H19F2N3O2S. The van der Waals surface area contributed by atoms with Gasteiger partial charge in [0.25, 0.3) is 0 Å². The Labute approximate surface area is 181 Å². The molecule has 2 aromatic heterocycles. The molecular weight excluding hydrogens is 420 g/mol. The van der Waals surface area contributed by atoms with Gasteiger partial charge in [0.05, 0.1) is 24.3 Å². The first-order chi connectivity index (χ1) is 15.0. The van der Waals surface area contributed by atoms with Crippen molar-refractivity contribution in [2.45, 2.75) is 19.9 Å². The standard InChI is InChI=1S/C23H19F2N3O2S/c1-2-30-18-7-5-15(6-8-18)10-21(29)28(14-16-4-3-9-26-13-16)23-27-22-19(25)11-17(24)12-20(22)31-23/h3-9,11-13H,2,10,14H2,1H3. The number of carbonyl (C=O) groups is 1. The molecule has 4 rings (SSSR count). The van der Waals surface area contributed by atoms with Gasteiger partial charge in [-0.05, 0) is 42.3 Å². The number of amides is 1. The Hall–Kier alpha value is -3.39. The monoisotopic (exact) mass is 439 g/mol. The van der Waals surface area contributed by atoms with Crippen LogP contribution in [0, 0.1) is 11.6 Å². The molecule has 0 radical (unpaired) electrons. The van der Waals surface area contributed by atoms with Crippen molar-refractivity contribution >= 4 is 32.6 Å². The van der Waals surface area contributed by atoms with Gasteiger partial charge >= 0.3 is 0 Å². The average Bonchev–Trinajstić information content (AvgIpc) is 3.18. The van der Waals surface area contributed by atoms with E-state index < -0.39 is 11.6 Å². The van der Waals surface area contributed by atoms with E-state index in [0.717, 1.165) is 34.3 Å². The van der Waals surface area contributed by atoms with Crippen LogP contribution >= 0.6 is 11.3 Å². The fourth-order valence-electron chi connectivity index (χ4n) is 3.14. The average molecular weight is 439 g/mol. The Kier molecular flexibility index (Phi) is 6.18. The highest BCUT2D eigenvalue weighted by atomic mass is 32.1. The Morgan fingerprint density at radius 1 is 1.13 bits per heavy atom. The van der Waals surface area contributed by atoms with Crippen LogP contribution in [0.3, 0.4) is 0 Å². The number of hydrogen-bond acceptors (Lipinski definition) is 5. The van der Waals surface area contributed by atoms with Crippen LogP contribution in [0.25, 0.3) is 10.2 Å². The molecule has 0 spiro atoms. The van der Waals surface area contributed by atoms with Gasteiger partial charge in [0.2, 0.25) is 5.91 Å². The lowest BCUT2D eigenvalue weighted by molar-refractivity contribution is -0.118. The number of aromatic nitrogens is 2. The van der Waals surface area contributed by atoms with Gasteiger partial charge in [-0.3, -0.25) is 14.7 Å². The molecule has 0 bridgehead atoms. The van der Waals surface area contributed by atoms with Crippen molar-refractivity contribution in [1.29, 1.82) is 0 Å². The summed E-state index contributed by atoms with van der Waals surface area (Å²) in [6.45, 7) is 2.68. The van der Waals surface area contributed by atoms with E-state index in [1.54, 1.807) is 18.5 Å². The number of benzene rings is 2. The molecule has 1 amide bonds. The van der Waals surface area contributed by atoms with E-state index in [4.69, 9.17) is 4.74 Å². The lowest BCUT2D eigenvalue weighted by Crippen LogP contribution is -2.31. The second-order valence-corrected chi connectivity index (χ2v) is 7.83. The summed E-state index contributed by atoms with van der Waals surface area (Å²) in [4.78, 5) is 23.1. The Bertz CT molecular complexity index is 1200. The number of pyridine rings is 1. The highest BCUT2D eigenvalue weighted by Crippen LogP contribution is 2.32. The van der Waals surface area contributed by atoms with Crippen molar-refractivity contribution in [3.8, 4) is 5.75 Å². The maximum atomic E-state index is 14.2. The second-order valence-electron chi connectivity index (χ2n) is 6.83. The summed E-state index contributed by atoms with van der Waals surface area (Å²) in [6.07, 6.45) is 3.43. The van der Waals surface area contributed by atoms with Gasteiger partial charge in [0.1, 0.15) is 17.1 Å². The summed E-state index contributed by atoms with van der Waals surface area (Å²) in [7, 11) is 0. The third-order valence-corrected chi connectivity index (χ3v) is 5.61. The van der Waals surface area contributed by atoms with E-state index in [1.807, 2.05) is 37.3 Å². The quantitative estimate of drug-likeness (QED) is 0.400. The van der Waals surface area contributed by atoms with Crippen molar-refractivity contribution in [3.63, 3.8) is 0 Å². The molecule has 0 N–H and O–H groups in total. The van der Waals surface area contributed by atoms with Crippen LogP contribution in [-0.4, -0.2) is 22.5 Å². The normalized spacial score (nSPS) is 10.9. The molecule has 0 aliphatic heterocycles. The summed E-state index contributed by atoms with van der Waals surface area (Å²) in [6, 6.07) is 12.9. The van der Waals surface area contributed by atoms with Crippen molar-refractivity contribution in [2.75, 3.05) is 11.5 Å². The maximum Gasteiger partial charge on any atom is 0.233 e. The van der Waals surface area contributed by atoms with Gasteiger partial charge in [-0.1, -0.05) is 29.5 Å². The summed E-state index contributed by atoms with van der Waals surface area (Å²) >= 11 is 1.07. The van der Waals surface area contributed by atoms with Gasteiger partial charge in [-0.25, -0.2) is 13.8 Å². The predicted octanol–water partition coefficient (Wildman–Crippen LogP) is 5.14. The van der Waals surface area contributed by atoms with Gasteiger partial charge in [0, 0.05) is 18.5 Å². The lowest BCUT2D eigenvalue weighted by Gasteiger charge is -2.20. The molecule has 5 nitrogen and oxygen atoms in total. The summed E-state index contributed by atoms with van der Waals surface area (Å²) in [5.41, 5.74) is 1.66. The number of rotatable bonds is 7. The molecule has 2 aromatic carbocycles. The van der Waals surface area contributed by atoms with Crippen LogP contribution < -0.4 is 9.64 Å². The minimum Gasteiger partial charge on any atom is -0.494 e. The molecule has 158 valence electrons. The maximum absolute atomic E-state index is 14.2. The molecule has 2 heterocycles. The first-order valence-electron chi connectivity index (χ1n) is 9.70. The number of nitrogens with zero attached hydrogens (tertiary/aromatic N) is 3. The first kappa shape index (κ1) is 20.9. The Balaban J connectivity index is 1.65. The van der Waals surface area contributed by atoms with E-state index in [-0.39, 0.29) is 24.4 Å². The fraction of sp³-hybridized carbons (Fsp3) is 0.174. The fourth-order valence-corrected chi connectivity index (χ4v) is 4.16. The van der Waals surface area contributed by atoms with Crippen LogP contribution in [0.1, 0.15) is 18.1 Å². The van der Waals surface area contributed by atoms with Crippen molar-refractivity contribution in [1.82, 2.24) is 9.97 Å². The molecule has 0 aliphatic rings. The van der Waals surface area contributed by atoms with Crippen LogP contribution in [0.2, 0.25) is 0 Å². The van der Waals surface area contributed by atoms with Crippen LogP contribution in [0.5, 0.6) is 5.75 Å². The van der Waals surface area contributed by atoms with E-state index in [0.29, 0.717) is 16.4 Å². The third kappa shape index (κ3) is 4.86. The molecule has 4 aromatic rings. The summed E-state index contributed by atoms with van der Waals surface area (Å²) in [5, 5.41) is 0.305. The first-order valence-corrected chi connectivity index (χ1v) is 10.5. The molecule has 8 heteroatoms. The minimum absolute atomic E-state index is 0.0476. The van der Waals surface area contributed by atoms with E-state index in [2.05, 4.69) is 9.97 Å². The Morgan fingerprint density at radius 2 is 1.94 bits per heavy atom. The largest absolute Gasteiger partial charge is 0.494 e. The van der Waals surface area contributed by atoms with E-state index >= 15 is 0 Å². The molecule has 31 heavy (non-hydrogen) atoms. The van der Waals surface area contributed by atoms with Gasteiger partial charge in [-0.15, -0.1) is 0 Å². The third-order valence-electron chi connectivity index (χ3n) is 4.59. The number of halogens is 2. The molecule has 0 unspecified atom stereocenters. The van der Waals surface area contributed by atoms with Crippen LogP contribution in [0.4, 0.5) is 13.9 Å². The van der Waals surface area contributed by atoms with E-state index in [1.165, 1.54) is 11.0 Å². The number of anilines is 1. The second kappa shape index (κ2) is 9.18. The van der Waals surface area contributed by atoms with E-state index in [9.17, 15) is 13.6 Å². The number of carbonyl (C=O) groups excluding carboxylic acids is 1. The van der Waals surface area contributed by atoms with Gasteiger partial charge in [0.15, 0.2) is 10.9 Å². The minimum atomic E-state index is -0.752. The zero-order valence-corrected chi connectivity index (χ0v) is 17.5. The number of hydrogen-bond donors (Lipinski definition) is 0. The van der Waals surface area contributed by atoms with Gasteiger partial charge in [-0.2, -0.15) is 0 Å². The van der Waals surface area contributed by atoms with Crippen molar-refractivity contribution < 1.29 is 18.3 Å². The molecule has 0 aliphatic carbocycles. The smallest absolute Gasteiger partial charge is 0.233 e. The number of thiazole rings is 1. The highest BCUT2D eigenvalue weighted by molar-refractivity contribution is 7.22. The molecule has 0 saturated carbocycles. The number of ether oxygens (including phenoxy) is 1. The summed E-state index contributed by atoms with van der Waals surface area (Å²) in [5.74, 6) is -0.917. The number of fused-ring (bicyclic) bond motifs is 1. The summed E-state index contributed by atoms with van der Waals surface area (Å²) < 4.78 is 33.6. The predicted molar refractivity (Wildman–Crippen MR) is 116 cm³/mol. The molecule has 0 saturated heterocycles. The zero-order chi connectivity index (χ0) is 21.8. The topological polar surface area (TPSA) is 55.3 Å². The van der Waals surface area contributed by atoms with Crippen LogP contribution in [-0.2, 0) is 17.8 Å². The SMILES string of the molecule is CCOc1ccc(CC(=O)N(Cc2cccnc2)c2nc3c(F)cc(F)cc3s2)cc1. The molecule has 0 fully saturated rings. The van der Waals surface area contributed by atoms with Crippen LogP contribution in [0.15, 0.2) is 60.9 Å².